The summed E-state index contributed by atoms with van der Waals surface area (Å²) in [4.78, 5) is 52.4. The number of carbonyl (C=O) groups is 3. The van der Waals surface area contributed by atoms with Crippen LogP contribution in [-0.4, -0.2) is 77.4 Å². The van der Waals surface area contributed by atoms with Crippen molar-refractivity contribution in [2.45, 2.75) is 103 Å². The van der Waals surface area contributed by atoms with E-state index in [1.54, 1.807) is 13.2 Å². The Hall–Kier alpha value is -3.89. The van der Waals surface area contributed by atoms with Crippen molar-refractivity contribution >= 4 is 35.1 Å². The zero-order valence-electron chi connectivity index (χ0n) is 28.1. The van der Waals surface area contributed by atoms with Gasteiger partial charge in [0.05, 0.1) is 31.8 Å². The molecule has 1 N–H and O–H groups in total. The maximum absolute atomic E-state index is 14.4. The highest BCUT2D eigenvalue weighted by Crippen LogP contribution is 2.42. The van der Waals surface area contributed by atoms with Gasteiger partial charge in [-0.1, -0.05) is 33.8 Å². The SMILES string of the molecule is CC[C@@H]1[C@@H]2CN(C(=O)[C@H](C(C)(C)C)NC(=O)O[C@]3(C)CCC[C@H]3CCC/C=C/c3nc4ccc(OC)cc4nc3O2)[C@@H]1C(=O)OC. The smallest absolute Gasteiger partial charge is 0.408 e. The average Bonchev–Trinajstić information content (AvgIpc) is 3.57. The lowest BCUT2D eigenvalue weighted by molar-refractivity contribution is -0.154. The lowest BCUT2D eigenvalue weighted by Gasteiger charge is -2.37. The molecule has 46 heavy (non-hydrogen) atoms. The average molecular weight is 637 g/mol. The molecule has 3 aliphatic rings. The monoisotopic (exact) mass is 636 g/mol. The van der Waals surface area contributed by atoms with Crippen molar-refractivity contribution in [2.24, 2.45) is 17.3 Å². The van der Waals surface area contributed by atoms with Gasteiger partial charge in [-0.25, -0.2) is 19.6 Å². The first kappa shape index (κ1) is 33.5. The largest absolute Gasteiger partial charge is 0.497 e. The van der Waals surface area contributed by atoms with Crippen LogP contribution in [0.4, 0.5) is 4.79 Å². The number of rotatable bonds is 3. The van der Waals surface area contributed by atoms with E-state index in [0.29, 0.717) is 34.8 Å². The lowest BCUT2D eigenvalue weighted by Crippen LogP contribution is -2.58. The molecule has 3 heterocycles. The predicted molar refractivity (Wildman–Crippen MR) is 173 cm³/mol. The van der Waals surface area contributed by atoms with Crippen LogP contribution in [-0.2, 0) is 19.1 Å². The second kappa shape index (κ2) is 13.5. The molecule has 250 valence electrons. The van der Waals surface area contributed by atoms with E-state index in [0.717, 1.165) is 38.5 Å². The summed E-state index contributed by atoms with van der Waals surface area (Å²) in [5.41, 5.74) is 0.557. The van der Waals surface area contributed by atoms with Crippen molar-refractivity contribution in [3.63, 3.8) is 0 Å². The fourth-order valence-corrected chi connectivity index (χ4v) is 7.28. The van der Waals surface area contributed by atoms with Crippen molar-refractivity contribution in [2.75, 3.05) is 20.8 Å². The van der Waals surface area contributed by atoms with E-state index in [-0.39, 0.29) is 12.5 Å². The Morgan fingerprint density at radius 1 is 1.13 bits per heavy atom. The highest BCUT2D eigenvalue weighted by atomic mass is 16.6. The Labute approximate surface area is 271 Å². The van der Waals surface area contributed by atoms with Crippen LogP contribution >= 0.6 is 0 Å². The Morgan fingerprint density at radius 3 is 2.59 bits per heavy atom. The number of nitrogens with one attached hydrogen (secondary N) is 1. The first-order chi connectivity index (χ1) is 21.9. The highest BCUT2D eigenvalue weighted by Gasteiger charge is 2.52. The standard InChI is InChI=1S/C35H48N4O7/c1-8-23-27-20-39(28(23)32(41)44-7)31(40)29(34(2,3)4)38-33(42)46-35(5)18-12-14-21(35)13-10-9-11-15-25-30(45-27)37-26-19-22(43-6)16-17-24(26)36-25/h11,15-17,19,21,23,27-29H,8-10,12-14,18,20H2,1-7H3,(H,38,42)/b15-11+/t21-,23-,27+,28+,29-,35-/m1/s1. The number of esters is 1. The lowest BCUT2D eigenvalue weighted by atomic mass is 9.85. The zero-order valence-corrected chi connectivity index (χ0v) is 28.1. The number of methoxy groups -OCH3 is 2. The highest BCUT2D eigenvalue weighted by molar-refractivity contribution is 5.91. The van der Waals surface area contributed by atoms with Crippen LogP contribution < -0.4 is 14.8 Å². The van der Waals surface area contributed by atoms with Crippen LogP contribution in [0.2, 0.25) is 0 Å². The summed E-state index contributed by atoms with van der Waals surface area (Å²) in [6.45, 7) is 9.70. The van der Waals surface area contributed by atoms with Crippen LogP contribution in [0.3, 0.4) is 0 Å². The zero-order chi connectivity index (χ0) is 33.2. The van der Waals surface area contributed by atoms with Crippen LogP contribution in [0.5, 0.6) is 11.6 Å². The number of allylic oxidation sites excluding steroid dienone is 1. The molecule has 2 bridgehead atoms. The number of fused-ring (bicyclic) bond motifs is 5. The molecule has 2 fully saturated rings. The molecule has 1 aliphatic carbocycles. The van der Waals surface area contributed by atoms with Crippen molar-refractivity contribution < 1.29 is 33.3 Å². The summed E-state index contributed by atoms with van der Waals surface area (Å²) in [5.74, 6) is -0.167. The van der Waals surface area contributed by atoms with Crippen molar-refractivity contribution in [1.82, 2.24) is 20.2 Å². The van der Waals surface area contributed by atoms with Gasteiger partial charge in [-0.15, -0.1) is 0 Å². The minimum atomic E-state index is -0.961. The minimum absolute atomic E-state index is 0.0984. The van der Waals surface area contributed by atoms with Crippen LogP contribution in [0.25, 0.3) is 17.1 Å². The van der Waals surface area contributed by atoms with Crippen molar-refractivity contribution in [3.8, 4) is 11.6 Å². The predicted octanol–water partition coefficient (Wildman–Crippen LogP) is 5.69. The quantitative estimate of drug-likeness (QED) is 0.422. The molecule has 0 unspecified atom stereocenters. The summed E-state index contributed by atoms with van der Waals surface area (Å²) in [6, 6.07) is 3.63. The summed E-state index contributed by atoms with van der Waals surface area (Å²) >= 11 is 0. The van der Waals surface area contributed by atoms with E-state index >= 15 is 0 Å². The number of carbonyl (C=O) groups excluding carboxylic acids is 3. The number of nitrogens with zero attached hydrogens (tertiary/aromatic N) is 3. The van der Waals surface area contributed by atoms with E-state index in [1.165, 1.54) is 12.0 Å². The topological polar surface area (TPSA) is 129 Å². The summed E-state index contributed by atoms with van der Waals surface area (Å²) in [7, 11) is 2.91. The van der Waals surface area contributed by atoms with Gasteiger partial charge in [-0.05, 0) is 81.4 Å². The Morgan fingerprint density at radius 2 is 1.89 bits per heavy atom. The summed E-state index contributed by atoms with van der Waals surface area (Å²) < 4.78 is 23.4. The minimum Gasteiger partial charge on any atom is -0.497 e. The third-order valence-corrected chi connectivity index (χ3v) is 9.91. The first-order valence-corrected chi connectivity index (χ1v) is 16.4. The van der Waals surface area contributed by atoms with Crippen molar-refractivity contribution in [1.29, 1.82) is 0 Å². The van der Waals surface area contributed by atoms with Gasteiger partial charge in [0.2, 0.25) is 11.8 Å². The second-order valence-corrected chi connectivity index (χ2v) is 14.0. The fraction of sp³-hybridized carbons (Fsp3) is 0.629. The number of aromatic nitrogens is 2. The van der Waals surface area contributed by atoms with Gasteiger partial charge in [-0.3, -0.25) is 4.79 Å². The molecule has 11 nitrogen and oxygen atoms in total. The maximum Gasteiger partial charge on any atom is 0.408 e. The third-order valence-electron chi connectivity index (χ3n) is 9.91. The number of hydrogen-bond donors (Lipinski definition) is 1. The van der Waals surface area contributed by atoms with E-state index < -0.39 is 53.1 Å². The van der Waals surface area contributed by atoms with E-state index in [2.05, 4.69) is 11.4 Å². The van der Waals surface area contributed by atoms with E-state index in [1.807, 2.05) is 52.8 Å². The second-order valence-electron chi connectivity index (χ2n) is 14.0. The maximum atomic E-state index is 14.4. The molecule has 0 spiro atoms. The van der Waals surface area contributed by atoms with Crippen LogP contribution in [0.1, 0.15) is 85.3 Å². The van der Waals surface area contributed by atoms with E-state index in [4.69, 9.17) is 28.9 Å². The molecule has 2 amide bonds. The van der Waals surface area contributed by atoms with Crippen LogP contribution in [0.15, 0.2) is 24.3 Å². The van der Waals surface area contributed by atoms with Gasteiger partial charge in [-0.2, -0.15) is 0 Å². The normalized spacial score (nSPS) is 29.8. The number of benzene rings is 1. The molecule has 1 aromatic carbocycles. The van der Waals surface area contributed by atoms with Gasteiger partial charge in [0.25, 0.3) is 0 Å². The molecule has 2 aromatic rings. The van der Waals surface area contributed by atoms with Crippen molar-refractivity contribution in [3.05, 3.63) is 30.0 Å². The molecule has 11 heteroatoms. The molecule has 1 saturated carbocycles. The molecular formula is C35H48N4O7. The van der Waals surface area contributed by atoms with Gasteiger partial charge in [0, 0.05) is 12.0 Å². The first-order valence-electron chi connectivity index (χ1n) is 16.4. The Bertz CT molecular complexity index is 1490. The summed E-state index contributed by atoms with van der Waals surface area (Å²) in [6.07, 6.45) is 8.65. The van der Waals surface area contributed by atoms with Crippen LogP contribution in [0, 0.1) is 17.3 Å². The summed E-state index contributed by atoms with van der Waals surface area (Å²) in [5, 5.41) is 2.90. The van der Waals surface area contributed by atoms with E-state index in [9.17, 15) is 14.4 Å². The van der Waals surface area contributed by atoms with Gasteiger partial charge in [0.1, 0.15) is 35.2 Å². The number of hydrogen-bond acceptors (Lipinski definition) is 9. The number of alkyl carbamates (subject to hydrolysis) is 1. The molecule has 0 radical (unpaired) electrons. The molecule has 6 atom stereocenters. The molecule has 5 rings (SSSR count). The molecular weight excluding hydrogens is 588 g/mol. The fourth-order valence-electron chi connectivity index (χ4n) is 7.28. The molecule has 1 saturated heterocycles. The third kappa shape index (κ3) is 6.78. The van der Waals surface area contributed by atoms with Gasteiger partial charge < -0.3 is 29.2 Å². The Kier molecular flexibility index (Phi) is 9.79. The molecule has 2 aliphatic heterocycles. The van der Waals surface area contributed by atoms with Gasteiger partial charge >= 0.3 is 12.1 Å². The number of ether oxygens (including phenoxy) is 4. The number of amides is 2. The van der Waals surface area contributed by atoms with Gasteiger partial charge in [0.15, 0.2) is 0 Å². The Balaban J connectivity index is 1.60. The molecule has 1 aromatic heterocycles.